The molecular formula is C22H23N5O3. The highest BCUT2D eigenvalue weighted by molar-refractivity contribution is 6.06. The number of anilines is 2. The van der Waals surface area contributed by atoms with Crippen LogP contribution in [0.3, 0.4) is 0 Å². The van der Waals surface area contributed by atoms with Crippen molar-refractivity contribution in [1.82, 2.24) is 14.8 Å². The number of hydrogen-bond donors (Lipinski definition) is 2. The molecule has 0 aliphatic carbocycles. The number of methoxy groups -OCH3 is 1. The van der Waals surface area contributed by atoms with Crippen LogP contribution in [0.15, 0.2) is 66.1 Å². The summed E-state index contributed by atoms with van der Waals surface area (Å²) in [6, 6.07) is 14.5. The maximum absolute atomic E-state index is 13.3. The Labute approximate surface area is 174 Å². The third-order valence-electron chi connectivity index (χ3n) is 4.87. The standard InChI is InChI=1S/C22H23N5O3/c1-4-30-18-12-15(10-11-17(18)29-3)20-19(14(2)25-22-23-13-24-27(20)22)21(28)26-16-8-6-5-7-9-16/h5-13,20H,4H2,1-3H3,(H,26,28)(H,23,24,25)/t20-/m1/s1. The van der Waals surface area contributed by atoms with E-state index in [1.165, 1.54) is 6.33 Å². The van der Waals surface area contributed by atoms with Crippen molar-refractivity contribution in [3.8, 4) is 11.5 Å². The zero-order valence-electron chi connectivity index (χ0n) is 17.0. The Morgan fingerprint density at radius 2 is 2.00 bits per heavy atom. The van der Waals surface area contributed by atoms with Crippen LogP contribution >= 0.6 is 0 Å². The largest absolute Gasteiger partial charge is 0.493 e. The second-order valence-electron chi connectivity index (χ2n) is 6.76. The summed E-state index contributed by atoms with van der Waals surface area (Å²) in [5.74, 6) is 1.59. The van der Waals surface area contributed by atoms with Crippen LogP contribution in [0.25, 0.3) is 0 Å². The maximum atomic E-state index is 13.3. The number of carbonyl (C=O) groups excluding carboxylic acids is 1. The van der Waals surface area contributed by atoms with Gasteiger partial charge in [0.15, 0.2) is 11.5 Å². The zero-order valence-corrected chi connectivity index (χ0v) is 17.0. The number of aromatic nitrogens is 3. The molecule has 8 heteroatoms. The monoisotopic (exact) mass is 405 g/mol. The summed E-state index contributed by atoms with van der Waals surface area (Å²) >= 11 is 0. The van der Waals surface area contributed by atoms with Crippen molar-refractivity contribution in [2.45, 2.75) is 19.9 Å². The van der Waals surface area contributed by atoms with E-state index in [4.69, 9.17) is 9.47 Å². The van der Waals surface area contributed by atoms with E-state index >= 15 is 0 Å². The first-order valence-corrected chi connectivity index (χ1v) is 9.66. The summed E-state index contributed by atoms with van der Waals surface area (Å²) in [6.45, 7) is 4.27. The molecule has 30 heavy (non-hydrogen) atoms. The van der Waals surface area contributed by atoms with Crippen molar-refractivity contribution >= 4 is 17.5 Å². The van der Waals surface area contributed by atoms with Gasteiger partial charge >= 0.3 is 0 Å². The Bertz CT molecular complexity index is 1090. The molecule has 1 amide bonds. The quantitative estimate of drug-likeness (QED) is 0.651. The summed E-state index contributed by atoms with van der Waals surface area (Å²) in [6.07, 6.45) is 1.47. The Morgan fingerprint density at radius 3 is 2.73 bits per heavy atom. The summed E-state index contributed by atoms with van der Waals surface area (Å²) in [4.78, 5) is 17.6. The molecule has 1 atom stereocenters. The van der Waals surface area contributed by atoms with Gasteiger partial charge in [-0.1, -0.05) is 24.3 Å². The number of ether oxygens (including phenoxy) is 2. The number of nitrogens with zero attached hydrogens (tertiary/aromatic N) is 3. The second kappa shape index (κ2) is 8.28. The van der Waals surface area contributed by atoms with E-state index < -0.39 is 6.04 Å². The van der Waals surface area contributed by atoms with Crippen molar-refractivity contribution in [2.24, 2.45) is 0 Å². The Hall–Kier alpha value is -3.81. The fourth-order valence-electron chi connectivity index (χ4n) is 3.54. The molecule has 0 unspecified atom stereocenters. The van der Waals surface area contributed by atoms with E-state index in [-0.39, 0.29) is 5.91 Å². The number of amides is 1. The van der Waals surface area contributed by atoms with E-state index in [1.54, 1.807) is 11.8 Å². The van der Waals surface area contributed by atoms with Gasteiger partial charge in [-0.15, -0.1) is 0 Å². The molecule has 0 saturated carbocycles. The molecule has 2 N–H and O–H groups in total. The second-order valence-corrected chi connectivity index (χ2v) is 6.76. The molecular weight excluding hydrogens is 382 g/mol. The molecule has 1 aliphatic heterocycles. The average Bonchev–Trinajstić information content (AvgIpc) is 3.21. The van der Waals surface area contributed by atoms with Crippen LogP contribution in [-0.4, -0.2) is 34.4 Å². The minimum absolute atomic E-state index is 0.217. The molecule has 0 radical (unpaired) electrons. The normalized spacial score (nSPS) is 15.2. The van der Waals surface area contributed by atoms with E-state index in [0.29, 0.717) is 35.3 Å². The van der Waals surface area contributed by atoms with E-state index in [0.717, 1.165) is 11.3 Å². The average molecular weight is 405 g/mol. The lowest BCUT2D eigenvalue weighted by Gasteiger charge is -2.29. The SMILES string of the molecule is CCOc1cc([C@@H]2C(C(=O)Nc3ccccc3)=C(C)Nc3ncnn32)ccc1OC. The number of para-hydroxylation sites is 1. The van der Waals surface area contributed by atoms with Crippen LogP contribution in [0, 0.1) is 0 Å². The number of fused-ring (bicyclic) bond motifs is 1. The first kappa shape index (κ1) is 19.5. The van der Waals surface area contributed by atoms with E-state index in [1.807, 2.05) is 62.4 Å². The highest BCUT2D eigenvalue weighted by atomic mass is 16.5. The number of hydrogen-bond acceptors (Lipinski definition) is 6. The van der Waals surface area contributed by atoms with Gasteiger partial charge in [0.25, 0.3) is 5.91 Å². The Morgan fingerprint density at radius 1 is 1.20 bits per heavy atom. The smallest absolute Gasteiger partial charge is 0.255 e. The van der Waals surface area contributed by atoms with Crippen molar-refractivity contribution in [1.29, 1.82) is 0 Å². The van der Waals surface area contributed by atoms with Gasteiger partial charge in [0.1, 0.15) is 12.4 Å². The fraction of sp³-hybridized carbons (Fsp3) is 0.227. The predicted octanol–water partition coefficient (Wildman–Crippen LogP) is 3.61. The number of allylic oxidation sites excluding steroid dienone is 1. The number of rotatable bonds is 6. The van der Waals surface area contributed by atoms with Crippen LogP contribution in [0.5, 0.6) is 11.5 Å². The third-order valence-corrected chi connectivity index (χ3v) is 4.87. The first-order chi connectivity index (χ1) is 14.6. The van der Waals surface area contributed by atoms with Crippen molar-refractivity contribution < 1.29 is 14.3 Å². The predicted molar refractivity (Wildman–Crippen MR) is 114 cm³/mol. The summed E-state index contributed by atoms with van der Waals surface area (Å²) < 4.78 is 12.8. The molecule has 4 rings (SSSR count). The van der Waals surface area contributed by atoms with Crippen molar-refractivity contribution in [3.05, 3.63) is 71.7 Å². The molecule has 2 aromatic carbocycles. The zero-order chi connectivity index (χ0) is 21.1. The topological polar surface area (TPSA) is 90.3 Å². The summed E-state index contributed by atoms with van der Waals surface area (Å²) in [7, 11) is 1.60. The van der Waals surface area contributed by atoms with Gasteiger partial charge in [0, 0.05) is 11.4 Å². The Balaban J connectivity index is 1.78. The molecule has 0 spiro atoms. The van der Waals surface area contributed by atoms with Gasteiger partial charge < -0.3 is 20.1 Å². The van der Waals surface area contributed by atoms with Gasteiger partial charge in [-0.3, -0.25) is 4.79 Å². The lowest BCUT2D eigenvalue weighted by atomic mass is 9.94. The molecule has 2 heterocycles. The van der Waals surface area contributed by atoms with Gasteiger partial charge in [-0.05, 0) is 43.7 Å². The molecule has 3 aromatic rings. The fourth-order valence-corrected chi connectivity index (χ4v) is 3.54. The molecule has 0 fully saturated rings. The number of nitrogens with one attached hydrogen (secondary N) is 2. The Kier molecular flexibility index (Phi) is 5.38. The van der Waals surface area contributed by atoms with Crippen LogP contribution in [0.2, 0.25) is 0 Å². The summed E-state index contributed by atoms with van der Waals surface area (Å²) in [5.41, 5.74) is 2.81. The third kappa shape index (κ3) is 3.59. The lowest BCUT2D eigenvalue weighted by Crippen LogP contribution is -2.31. The van der Waals surface area contributed by atoms with Gasteiger partial charge in [-0.2, -0.15) is 10.1 Å². The highest BCUT2D eigenvalue weighted by Gasteiger charge is 2.34. The molecule has 1 aromatic heterocycles. The lowest BCUT2D eigenvalue weighted by molar-refractivity contribution is -0.113. The van der Waals surface area contributed by atoms with E-state index in [9.17, 15) is 4.79 Å². The molecule has 154 valence electrons. The molecule has 0 bridgehead atoms. The van der Waals surface area contributed by atoms with Gasteiger partial charge in [0.2, 0.25) is 5.95 Å². The van der Waals surface area contributed by atoms with Crippen LogP contribution < -0.4 is 20.1 Å². The number of benzene rings is 2. The van der Waals surface area contributed by atoms with E-state index in [2.05, 4.69) is 20.7 Å². The van der Waals surface area contributed by atoms with Crippen LogP contribution in [0.1, 0.15) is 25.5 Å². The van der Waals surface area contributed by atoms with Gasteiger partial charge in [0.05, 0.1) is 19.3 Å². The molecule has 0 saturated heterocycles. The van der Waals surface area contributed by atoms with Crippen molar-refractivity contribution in [2.75, 3.05) is 24.4 Å². The van der Waals surface area contributed by atoms with Crippen molar-refractivity contribution in [3.63, 3.8) is 0 Å². The molecule has 1 aliphatic rings. The minimum atomic E-state index is -0.474. The first-order valence-electron chi connectivity index (χ1n) is 9.66. The minimum Gasteiger partial charge on any atom is -0.493 e. The van der Waals surface area contributed by atoms with Crippen LogP contribution in [-0.2, 0) is 4.79 Å². The number of carbonyl (C=O) groups is 1. The highest BCUT2D eigenvalue weighted by Crippen LogP contribution is 2.38. The summed E-state index contributed by atoms with van der Waals surface area (Å²) in [5, 5.41) is 10.5. The van der Waals surface area contributed by atoms with Gasteiger partial charge in [-0.25, -0.2) is 4.68 Å². The van der Waals surface area contributed by atoms with Crippen LogP contribution in [0.4, 0.5) is 11.6 Å². The molecule has 8 nitrogen and oxygen atoms in total. The maximum Gasteiger partial charge on any atom is 0.255 e.